The number of carboxylic acid groups (broad SMARTS) is 1. The van der Waals surface area contributed by atoms with E-state index in [1.807, 2.05) is 43.1 Å². The van der Waals surface area contributed by atoms with Crippen LogP contribution < -0.4 is 9.64 Å². The number of alkyl halides is 2. The van der Waals surface area contributed by atoms with Crippen molar-refractivity contribution in [2.45, 2.75) is 86.3 Å². The van der Waals surface area contributed by atoms with Crippen molar-refractivity contribution in [1.82, 2.24) is 4.31 Å². The number of aliphatic carboxylic acids is 1. The van der Waals surface area contributed by atoms with Crippen molar-refractivity contribution in [1.29, 1.82) is 0 Å². The minimum atomic E-state index is -2.72. The molecule has 2 fully saturated rings. The predicted molar refractivity (Wildman–Crippen MR) is 155 cm³/mol. The first-order chi connectivity index (χ1) is 18.3. The molecule has 5 nitrogen and oxygen atoms in total. The van der Waals surface area contributed by atoms with Gasteiger partial charge in [0.15, 0.2) is 0 Å². The molecule has 1 aliphatic heterocycles. The van der Waals surface area contributed by atoms with Crippen LogP contribution in [-0.4, -0.2) is 52.8 Å². The summed E-state index contributed by atoms with van der Waals surface area (Å²) in [7, 11) is 1.96. The molecule has 9 heteroatoms. The fourth-order valence-electron chi connectivity index (χ4n) is 5.29. The lowest BCUT2D eigenvalue weighted by molar-refractivity contribution is -0.148. The molecule has 5 rings (SSSR count). The standard InChI is InChI=1S/C30H38F2N2O3S2/c1-28(2,27(35)36)19-37-24-15-25-23(14-26(24)38-22-16-30(17-22)12-13-30)34(20-8-6-5-7-9-20)18-21(33(4)39-25)10-11-29(3,31)32/h5-9,14-15,21-22H,10-13,16-19H2,1-4H3,(H,35,36). The largest absolute Gasteiger partial charge is 0.491 e. The van der Waals surface area contributed by atoms with Gasteiger partial charge in [-0.15, -0.1) is 11.8 Å². The minimum absolute atomic E-state index is 0.0559. The van der Waals surface area contributed by atoms with E-state index >= 15 is 0 Å². The van der Waals surface area contributed by atoms with Gasteiger partial charge in [0.2, 0.25) is 5.92 Å². The highest BCUT2D eigenvalue weighted by Gasteiger charge is 2.53. The quantitative estimate of drug-likeness (QED) is 0.287. The Kier molecular flexibility index (Phi) is 7.90. The average molecular weight is 577 g/mol. The summed E-state index contributed by atoms with van der Waals surface area (Å²) in [5.41, 5.74) is 1.58. The van der Waals surface area contributed by atoms with Crippen LogP contribution in [-0.2, 0) is 4.79 Å². The number of anilines is 2. The van der Waals surface area contributed by atoms with Crippen molar-refractivity contribution >= 4 is 41.1 Å². The van der Waals surface area contributed by atoms with Crippen LogP contribution in [0.3, 0.4) is 0 Å². The van der Waals surface area contributed by atoms with E-state index in [1.54, 1.807) is 25.8 Å². The summed E-state index contributed by atoms with van der Waals surface area (Å²) in [4.78, 5) is 16.0. The maximum Gasteiger partial charge on any atom is 0.312 e. The van der Waals surface area contributed by atoms with E-state index in [9.17, 15) is 18.7 Å². The first kappa shape index (κ1) is 28.6. The maximum atomic E-state index is 13.9. The Balaban J connectivity index is 1.51. The number of carbonyl (C=O) groups is 1. The molecule has 1 N–H and O–H groups in total. The van der Waals surface area contributed by atoms with Gasteiger partial charge in [-0.3, -0.25) is 4.79 Å². The molecule has 0 amide bonds. The van der Waals surface area contributed by atoms with Crippen LogP contribution in [0.25, 0.3) is 0 Å². The van der Waals surface area contributed by atoms with Gasteiger partial charge in [0.05, 0.1) is 20.9 Å². The predicted octanol–water partition coefficient (Wildman–Crippen LogP) is 8.11. The number of ether oxygens (including phenoxy) is 1. The molecule has 1 heterocycles. The van der Waals surface area contributed by atoms with E-state index in [2.05, 4.69) is 27.4 Å². The van der Waals surface area contributed by atoms with Crippen LogP contribution in [0.5, 0.6) is 5.75 Å². The highest BCUT2D eigenvalue weighted by molar-refractivity contribution is 8.00. The molecule has 3 aliphatic rings. The van der Waals surface area contributed by atoms with Crippen molar-refractivity contribution in [3.8, 4) is 5.75 Å². The van der Waals surface area contributed by atoms with E-state index in [-0.39, 0.29) is 19.1 Å². The molecule has 2 aromatic carbocycles. The third-order valence-electron chi connectivity index (χ3n) is 8.19. The second kappa shape index (κ2) is 10.8. The molecule has 0 radical (unpaired) electrons. The SMILES string of the molecule is CN1Sc2cc(OCC(C)(C)C(=O)O)c(SC3CC4(CC4)C3)cc2N(c2ccccc2)CC1CCC(C)(F)F. The normalized spacial score (nSPS) is 21.3. The maximum absolute atomic E-state index is 13.9. The van der Waals surface area contributed by atoms with Crippen molar-refractivity contribution in [3.63, 3.8) is 0 Å². The third-order valence-corrected chi connectivity index (χ3v) is 10.5. The lowest BCUT2D eigenvalue weighted by Crippen LogP contribution is -2.36. The second-order valence-corrected chi connectivity index (χ2v) is 14.8. The van der Waals surface area contributed by atoms with Gasteiger partial charge in [0.25, 0.3) is 0 Å². The Labute approximate surface area is 238 Å². The zero-order valence-corrected chi connectivity index (χ0v) is 24.7. The number of nitrogens with zero attached hydrogens (tertiary/aromatic N) is 2. The van der Waals surface area contributed by atoms with Crippen LogP contribution in [0, 0.1) is 10.8 Å². The monoisotopic (exact) mass is 576 g/mol. The molecule has 39 heavy (non-hydrogen) atoms. The van der Waals surface area contributed by atoms with Gasteiger partial charge in [-0.25, -0.2) is 13.1 Å². The minimum Gasteiger partial charge on any atom is -0.491 e. The summed E-state index contributed by atoms with van der Waals surface area (Å²) in [5, 5.41) is 10.2. The number of carboxylic acids is 1. The summed E-state index contributed by atoms with van der Waals surface area (Å²) >= 11 is 3.37. The molecular formula is C30H38F2N2O3S2. The van der Waals surface area contributed by atoms with Gasteiger partial charge in [-0.2, -0.15) is 0 Å². The Morgan fingerprint density at radius 1 is 1.18 bits per heavy atom. The summed E-state index contributed by atoms with van der Waals surface area (Å²) in [6.07, 6.45) is 5.27. The summed E-state index contributed by atoms with van der Waals surface area (Å²) in [5.74, 6) is -2.93. The van der Waals surface area contributed by atoms with Gasteiger partial charge in [0.1, 0.15) is 12.4 Å². The fourth-order valence-corrected chi connectivity index (χ4v) is 7.99. The third kappa shape index (κ3) is 6.68. The molecule has 0 saturated heterocycles. The van der Waals surface area contributed by atoms with Crippen LogP contribution in [0.15, 0.2) is 52.3 Å². The van der Waals surface area contributed by atoms with Gasteiger partial charge in [-0.1, -0.05) is 18.2 Å². The zero-order valence-electron chi connectivity index (χ0n) is 23.1. The zero-order chi connectivity index (χ0) is 28.0. The highest BCUT2D eigenvalue weighted by atomic mass is 32.2. The molecule has 0 aromatic heterocycles. The molecular weight excluding hydrogens is 538 g/mol. The number of fused-ring (bicyclic) bond motifs is 1. The van der Waals surface area contributed by atoms with Crippen LogP contribution >= 0.6 is 23.7 Å². The molecule has 0 bridgehead atoms. The van der Waals surface area contributed by atoms with Gasteiger partial charge < -0.3 is 14.7 Å². The van der Waals surface area contributed by atoms with E-state index < -0.39 is 17.3 Å². The van der Waals surface area contributed by atoms with Crippen molar-refractivity contribution in [2.75, 3.05) is 25.1 Å². The number of thioether (sulfide) groups is 1. The molecule has 212 valence electrons. The highest BCUT2D eigenvalue weighted by Crippen LogP contribution is 2.65. The summed E-state index contributed by atoms with van der Waals surface area (Å²) in [6, 6.07) is 14.2. The Bertz CT molecular complexity index is 1190. The summed E-state index contributed by atoms with van der Waals surface area (Å²) < 4.78 is 36.0. The Morgan fingerprint density at radius 2 is 1.87 bits per heavy atom. The van der Waals surface area contributed by atoms with Crippen LogP contribution in [0.1, 0.15) is 59.3 Å². The smallest absolute Gasteiger partial charge is 0.312 e. The van der Waals surface area contributed by atoms with Gasteiger partial charge >= 0.3 is 5.97 Å². The Morgan fingerprint density at radius 3 is 2.49 bits per heavy atom. The summed E-state index contributed by atoms with van der Waals surface area (Å²) in [6.45, 7) is 4.96. The molecule has 1 unspecified atom stereocenters. The van der Waals surface area contributed by atoms with E-state index in [0.717, 1.165) is 28.1 Å². The number of benzene rings is 2. The average Bonchev–Trinajstić information content (AvgIpc) is 3.65. The van der Waals surface area contributed by atoms with Crippen molar-refractivity contribution in [2.24, 2.45) is 10.8 Å². The first-order valence-electron chi connectivity index (χ1n) is 13.7. The first-order valence-corrected chi connectivity index (χ1v) is 15.3. The number of likely N-dealkylation sites (N-methyl/N-ethyl adjacent to an activating group) is 1. The van der Waals surface area contributed by atoms with E-state index in [0.29, 0.717) is 29.4 Å². The molecule has 2 saturated carbocycles. The number of hydrogen-bond donors (Lipinski definition) is 1. The molecule has 2 aromatic rings. The number of para-hydroxylation sites is 1. The lowest BCUT2D eigenvalue weighted by atomic mass is 9.81. The lowest BCUT2D eigenvalue weighted by Gasteiger charge is -2.36. The Hall–Kier alpha value is -1.97. The van der Waals surface area contributed by atoms with E-state index in [1.165, 1.54) is 25.7 Å². The van der Waals surface area contributed by atoms with Gasteiger partial charge in [-0.05, 0) is 102 Å². The molecule has 2 aliphatic carbocycles. The molecule has 1 atom stereocenters. The van der Waals surface area contributed by atoms with Crippen LogP contribution in [0.4, 0.5) is 20.2 Å². The van der Waals surface area contributed by atoms with Crippen molar-refractivity contribution in [3.05, 3.63) is 42.5 Å². The van der Waals surface area contributed by atoms with Crippen molar-refractivity contribution < 1.29 is 23.4 Å². The number of rotatable bonds is 10. The number of hydrogen-bond acceptors (Lipinski definition) is 6. The molecule has 1 spiro atoms. The van der Waals surface area contributed by atoms with Crippen LogP contribution in [0.2, 0.25) is 0 Å². The van der Waals surface area contributed by atoms with E-state index in [4.69, 9.17) is 4.74 Å². The number of halogens is 2. The topological polar surface area (TPSA) is 53.0 Å². The second-order valence-electron chi connectivity index (χ2n) is 12.2. The fraction of sp³-hybridized carbons (Fsp3) is 0.567. The van der Waals surface area contributed by atoms with Gasteiger partial charge in [0, 0.05) is 29.9 Å².